The molecule has 2 atom stereocenters. The van der Waals surface area contributed by atoms with Crippen LogP contribution in [0.15, 0.2) is 18.2 Å². The summed E-state index contributed by atoms with van der Waals surface area (Å²) in [4.78, 5) is 2.11. The van der Waals surface area contributed by atoms with E-state index in [-0.39, 0.29) is 12.1 Å². The van der Waals surface area contributed by atoms with Gasteiger partial charge in [0.05, 0.1) is 24.3 Å². The molecule has 3 N–H and O–H groups in total. The number of likely N-dealkylation sites (N-methyl/N-ethyl adjacent to an activating group) is 1. The van der Waals surface area contributed by atoms with E-state index in [0.29, 0.717) is 18.7 Å². The molecule has 1 aliphatic heterocycles. The number of hydrogen-bond acceptors (Lipinski definition) is 4. The van der Waals surface area contributed by atoms with Gasteiger partial charge in [-0.05, 0) is 37.2 Å². The van der Waals surface area contributed by atoms with E-state index in [0.717, 1.165) is 24.2 Å². The second kappa shape index (κ2) is 6.31. The molecule has 1 aromatic carbocycles. The maximum Gasteiger partial charge on any atom is 0.416 e. The molecule has 118 valence electrons. The number of rotatable bonds is 3. The molecule has 1 aliphatic rings. The van der Waals surface area contributed by atoms with Crippen LogP contribution in [-0.4, -0.2) is 37.7 Å². The summed E-state index contributed by atoms with van der Waals surface area (Å²) in [6, 6.07) is 3.36. The highest BCUT2D eigenvalue weighted by atomic mass is 19.4. The van der Waals surface area contributed by atoms with Crippen molar-refractivity contribution in [3.05, 3.63) is 34.9 Å². The highest BCUT2D eigenvalue weighted by Gasteiger charge is 2.33. The normalized spacial score (nSPS) is 22.3. The number of benzene rings is 1. The van der Waals surface area contributed by atoms with Crippen LogP contribution in [0.25, 0.3) is 0 Å². The Morgan fingerprint density at radius 3 is 2.67 bits per heavy atom. The molecule has 0 aliphatic carbocycles. The van der Waals surface area contributed by atoms with Crippen LogP contribution in [0.2, 0.25) is 0 Å². The van der Waals surface area contributed by atoms with E-state index in [1.165, 1.54) is 6.07 Å². The van der Waals surface area contributed by atoms with Crippen LogP contribution in [0.3, 0.4) is 0 Å². The molecule has 7 heteroatoms. The van der Waals surface area contributed by atoms with Gasteiger partial charge in [0.1, 0.15) is 0 Å². The highest BCUT2D eigenvalue weighted by Crippen LogP contribution is 2.32. The van der Waals surface area contributed by atoms with Gasteiger partial charge in [0.25, 0.3) is 0 Å². The third-order valence-corrected chi connectivity index (χ3v) is 3.78. The van der Waals surface area contributed by atoms with Gasteiger partial charge in [-0.15, -0.1) is 0 Å². The van der Waals surface area contributed by atoms with Crippen molar-refractivity contribution in [1.82, 2.24) is 10.3 Å². The van der Waals surface area contributed by atoms with Crippen LogP contribution in [0.1, 0.15) is 22.7 Å². The van der Waals surface area contributed by atoms with E-state index >= 15 is 0 Å². The monoisotopic (exact) mass is 303 g/mol. The van der Waals surface area contributed by atoms with E-state index < -0.39 is 11.7 Å². The summed E-state index contributed by atoms with van der Waals surface area (Å²) in [6.07, 6.45) is -4.53. The molecule has 0 aromatic heterocycles. The van der Waals surface area contributed by atoms with Crippen molar-refractivity contribution in [2.45, 2.75) is 25.2 Å². The predicted molar refractivity (Wildman–Crippen MR) is 73.5 cm³/mol. The number of ether oxygens (including phenoxy) is 1. The molecule has 0 spiro atoms. The fourth-order valence-electron chi connectivity index (χ4n) is 2.61. The molecule has 2 rings (SSSR count). The average Bonchev–Trinajstić information content (AvgIpc) is 2.40. The first-order chi connectivity index (χ1) is 9.82. The molecule has 2 unspecified atom stereocenters. The fourth-order valence-corrected chi connectivity index (χ4v) is 2.61. The Labute approximate surface area is 122 Å². The number of nitrogens with two attached hydrogens (primary N) is 1. The lowest BCUT2D eigenvalue weighted by atomic mass is 9.94. The summed E-state index contributed by atoms with van der Waals surface area (Å²) < 4.78 is 43.9. The summed E-state index contributed by atoms with van der Waals surface area (Å²) in [6.45, 7) is 3.75. The number of hydrogen-bond donors (Lipinski definition) is 2. The van der Waals surface area contributed by atoms with E-state index in [1.54, 1.807) is 6.92 Å². The SMILES string of the molecule is Cc1cc(C(F)(F)F)ccc1C(NN)C1CN(C)CCO1. The molecule has 0 radical (unpaired) electrons. The Bertz CT molecular complexity index is 493. The molecule has 1 fully saturated rings. The maximum absolute atomic E-state index is 12.7. The van der Waals surface area contributed by atoms with Gasteiger partial charge in [0.2, 0.25) is 0 Å². The first kappa shape index (κ1) is 16.2. The van der Waals surface area contributed by atoms with Gasteiger partial charge in [-0.25, -0.2) is 0 Å². The van der Waals surface area contributed by atoms with Crippen molar-refractivity contribution in [3.63, 3.8) is 0 Å². The molecule has 1 heterocycles. The predicted octanol–water partition coefficient (Wildman–Crippen LogP) is 1.85. The van der Waals surface area contributed by atoms with Crippen molar-refractivity contribution in [3.8, 4) is 0 Å². The van der Waals surface area contributed by atoms with Crippen molar-refractivity contribution in [2.24, 2.45) is 5.84 Å². The van der Waals surface area contributed by atoms with Crippen LogP contribution < -0.4 is 11.3 Å². The summed E-state index contributed by atoms with van der Waals surface area (Å²) in [5.41, 5.74) is 3.30. The number of nitrogens with zero attached hydrogens (tertiary/aromatic N) is 1. The molecule has 0 amide bonds. The van der Waals surface area contributed by atoms with Gasteiger partial charge in [-0.2, -0.15) is 13.2 Å². The molecule has 0 saturated carbocycles. The molecule has 0 bridgehead atoms. The minimum Gasteiger partial charge on any atom is -0.374 e. The highest BCUT2D eigenvalue weighted by molar-refractivity contribution is 5.35. The van der Waals surface area contributed by atoms with E-state index in [9.17, 15) is 13.2 Å². The number of aryl methyl sites for hydroxylation is 1. The molecule has 1 saturated heterocycles. The Kier molecular flexibility index (Phi) is 4.88. The zero-order valence-corrected chi connectivity index (χ0v) is 12.1. The fraction of sp³-hybridized carbons (Fsp3) is 0.571. The van der Waals surface area contributed by atoms with Crippen LogP contribution in [0, 0.1) is 6.92 Å². The van der Waals surface area contributed by atoms with Gasteiger partial charge in [0, 0.05) is 13.1 Å². The zero-order valence-electron chi connectivity index (χ0n) is 12.1. The second-order valence-corrected chi connectivity index (χ2v) is 5.38. The molecule has 21 heavy (non-hydrogen) atoms. The minimum atomic E-state index is -4.34. The third kappa shape index (κ3) is 3.74. The standard InChI is InChI=1S/C14H20F3N3O/c1-9-7-10(14(15,16)17)3-4-11(9)13(19-18)12-8-20(2)5-6-21-12/h3-4,7,12-13,19H,5-6,8,18H2,1-2H3. The van der Waals surface area contributed by atoms with Crippen molar-refractivity contribution in [1.29, 1.82) is 0 Å². The number of morpholine rings is 1. The Morgan fingerprint density at radius 1 is 1.43 bits per heavy atom. The van der Waals surface area contributed by atoms with Crippen molar-refractivity contribution in [2.75, 3.05) is 26.7 Å². The topological polar surface area (TPSA) is 50.5 Å². The number of nitrogens with one attached hydrogen (secondary N) is 1. The molecular formula is C14H20F3N3O. The third-order valence-electron chi connectivity index (χ3n) is 3.78. The van der Waals surface area contributed by atoms with Gasteiger partial charge < -0.3 is 9.64 Å². The van der Waals surface area contributed by atoms with Crippen LogP contribution in [0.5, 0.6) is 0 Å². The zero-order chi connectivity index (χ0) is 15.6. The van der Waals surface area contributed by atoms with Crippen molar-refractivity contribution < 1.29 is 17.9 Å². The summed E-state index contributed by atoms with van der Waals surface area (Å²) in [5, 5.41) is 0. The first-order valence-corrected chi connectivity index (χ1v) is 6.77. The maximum atomic E-state index is 12.7. The lowest BCUT2D eigenvalue weighted by molar-refractivity contribution is -0.137. The Morgan fingerprint density at radius 2 is 2.14 bits per heavy atom. The van der Waals surface area contributed by atoms with Gasteiger partial charge >= 0.3 is 6.18 Å². The van der Waals surface area contributed by atoms with Crippen LogP contribution >= 0.6 is 0 Å². The van der Waals surface area contributed by atoms with E-state index in [4.69, 9.17) is 10.6 Å². The second-order valence-electron chi connectivity index (χ2n) is 5.38. The molecule has 1 aromatic rings. The minimum absolute atomic E-state index is 0.191. The largest absolute Gasteiger partial charge is 0.416 e. The number of alkyl halides is 3. The number of halogens is 3. The van der Waals surface area contributed by atoms with Crippen LogP contribution in [-0.2, 0) is 10.9 Å². The van der Waals surface area contributed by atoms with Crippen LogP contribution in [0.4, 0.5) is 13.2 Å². The van der Waals surface area contributed by atoms with E-state index in [1.807, 2.05) is 7.05 Å². The van der Waals surface area contributed by atoms with Crippen molar-refractivity contribution >= 4 is 0 Å². The lowest BCUT2D eigenvalue weighted by Crippen LogP contribution is -2.48. The smallest absolute Gasteiger partial charge is 0.374 e. The van der Waals surface area contributed by atoms with Gasteiger partial charge in [-0.1, -0.05) is 6.07 Å². The van der Waals surface area contributed by atoms with E-state index in [2.05, 4.69) is 10.3 Å². The first-order valence-electron chi connectivity index (χ1n) is 6.77. The van der Waals surface area contributed by atoms with Gasteiger partial charge in [0.15, 0.2) is 0 Å². The summed E-state index contributed by atoms with van der Waals surface area (Å²) in [5.74, 6) is 5.60. The number of hydrazine groups is 1. The lowest BCUT2D eigenvalue weighted by Gasteiger charge is -2.35. The molecule has 4 nitrogen and oxygen atoms in total. The quantitative estimate of drug-likeness (QED) is 0.661. The Hall–Kier alpha value is -1.15. The van der Waals surface area contributed by atoms with Gasteiger partial charge in [-0.3, -0.25) is 11.3 Å². The summed E-state index contributed by atoms with van der Waals surface area (Å²) in [7, 11) is 1.97. The molecular weight excluding hydrogens is 283 g/mol. The summed E-state index contributed by atoms with van der Waals surface area (Å²) >= 11 is 0. The average molecular weight is 303 g/mol. The Balaban J connectivity index is 2.26.